The number of phenols is 1. The van der Waals surface area contributed by atoms with Gasteiger partial charge in [0.25, 0.3) is 0 Å². The minimum absolute atomic E-state index is 0.0514. The number of amides is 1. The predicted octanol–water partition coefficient (Wildman–Crippen LogP) is 4.56. The third-order valence-electron chi connectivity index (χ3n) is 3.82. The van der Waals surface area contributed by atoms with E-state index >= 15 is 0 Å². The lowest BCUT2D eigenvalue weighted by atomic mass is 10.1. The Hall–Kier alpha value is -2.31. The summed E-state index contributed by atoms with van der Waals surface area (Å²) in [7, 11) is 0. The Kier molecular flexibility index (Phi) is 5.40. The molecule has 2 heterocycles. The highest BCUT2D eigenvalue weighted by molar-refractivity contribution is 7.06. The number of aromatic hydroxyl groups is 1. The molecule has 1 amide bonds. The second kappa shape index (κ2) is 7.72. The van der Waals surface area contributed by atoms with Crippen LogP contribution in [-0.2, 0) is 17.8 Å². The summed E-state index contributed by atoms with van der Waals surface area (Å²) in [5.41, 5.74) is 2.32. The number of anilines is 1. The number of nitrogens with one attached hydrogen (secondary N) is 1. The van der Waals surface area contributed by atoms with Crippen LogP contribution in [0.2, 0.25) is 5.02 Å². The minimum Gasteiger partial charge on any atom is -0.508 e. The highest BCUT2D eigenvalue weighted by Crippen LogP contribution is 2.34. The van der Waals surface area contributed by atoms with Crippen LogP contribution in [0.15, 0.2) is 42.7 Å². The van der Waals surface area contributed by atoms with Gasteiger partial charge in [0, 0.05) is 35.8 Å². The maximum atomic E-state index is 12.1. The molecule has 2 aromatic heterocycles. The molecular weight excluding hydrogens is 358 g/mol. The van der Waals surface area contributed by atoms with Crippen LogP contribution in [0.4, 0.5) is 5.69 Å². The average molecular weight is 376 g/mol. The summed E-state index contributed by atoms with van der Waals surface area (Å²) < 4.78 is 6.38. The zero-order valence-corrected chi connectivity index (χ0v) is 15.3. The van der Waals surface area contributed by atoms with Gasteiger partial charge in [0.15, 0.2) is 0 Å². The van der Waals surface area contributed by atoms with Crippen molar-refractivity contribution in [1.29, 1.82) is 0 Å². The summed E-state index contributed by atoms with van der Waals surface area (Å²) >= 11 is 7.72. The first-order chi connectivity index (χ1) is 12.1. The average Bonchev–Trinajstić information content (AvgIpc) is 3.20. The molecular formula is C18H18ClN3O2S. The number of aryl methyl sites for hydroxylation is 2. The van der Waals surface area contributed by atoms with Gasteiger partial charge in [-0.2, -0.15) is 4.37 Å². The number of phenolic OH excluding ortho intramolecular Hbond substituents is 1. The third kappa shape index (κ3) is 4.21. The lowest BCUT2D eigenvalue weighted by Crippen LogP contribution is -2.11. The SMILES string of the molecule is CCn1ccc(NC(=O)CCc2snc(-c3ccc(O)cc3)c2Cl)c1. The zero-order chi connectivity index (χ0) is 17.8. The second-order valence-electron chi connectivity index (χ2n) is 5.59. The van der Waals surface area contributed by atoms with Gasteiger partial charge in [0.2, 0.25) is 5.91 Å². The molecule has 0 aliphatic rings. The summed E-state index contributed by atoms with van der Waals surface area (Å²) in [6.45, 7) is 2.91. The van der Waals surface area contributed by atoms with Gasteiger partial charge in [0.05, 0.1) is 10.7 Å². The molecule has 3 aromatic rings. The molecule has 7 heteroatoms. The highest BCUT2D eigenvalue weighted by atomic mass is 35.5. The van der Waals surface area contributed by atoms with Crippen LogP contribution in [0.5, 0.6) is 5.75 Å². The smallest absolute Gasteiger partial charge is 0.224 e. The van der Waals surface area contributed by atoms with Crippen molar-refractivity contribution < 1.29 is 9.90 Å². The van der Waals surface area contributed by atoms with E-state index in [1.54, 1.807) is 24.3 Å². The number of halogens is 1. The van der Waals surface area contributed by atoms with Crippen molar-refractivity contribution in [2.75, 3.05) is 5.32 Å². The number of benzene rings is 1. The minimum atomic E-state index is -0.0514. The van der Waals surface area contributed by atoms with Crippen molar-refractivity contribution >= 4 is 34.7 Å². The third-order valence-corrected chi connectivity index (χ3v) is 5.24. The van der Waals surface area contributed by atoms with E-state index < -0.39 is 0 Å². The van der Waals surface area contributed by atoms with Crippen LogP contribution in [0, 0.1) is 0 Å². The summed E-state index contributed by atoms with van der Waals surface area (Å²) in [6, 6.07) is 8.61. The van der Waals surface area contributed by atoms with E-state index in [-0.39, 0.29) is 11.7 Å². The molecule has 0 fully saturated rings. The number of hydrogen-bond acceptors (Lipinski definition) is 4. The lowest BCUT2D eigenvalue weighted by molar-refractivity contribution is -0.116. The van der Waals surface area contributed by atoms with E-state index in [2.05, 4.69) is 9.69 Å². The molecule has 0 bridgehead atoms. The number of hydrogen-bond donors (Lipinski definition) is 2. The van der Waals surface area contributed by atoms with E-state index in [4.69, 9.17) is 11.6 Å². The molecule has 0 saturated heterocycles. The van der Waals surface area contributed by atoms with Crippen LogP contribution >= 0.6 is 23.1 Å². The first-order valence-electron chi connectivity index (χ1n) is 7.96. The zero-order valence-electron chi connectivity index (χ0n) is 13.7. The quantitative estimate of drug-likeness (QED) is 0.663. The predicted molar refractivity (Wildman–Crippen MR) is 101 cm³/mol. The molecule has 130 valence electrons. The molecule has 2 N–H and O–H groups in total. The molecule has 0 atom stereocenters. The fourth-order valence-corrected chi connectivity index (χ4v) is 3.60. The summed E-state index contributed by atoms with van der Waals surface area (Å²) in [5.74, 6) is 0.147. The number of aromatic nitrogens is 2. The van der Waals surface area contributed by atoms with Crippen LogP contribution in [0.25, 0.3) is 11.3 Å². The molecule has 0 saturated carbocycles. The monoisotopic (exact) mass is 375 g/mol. The standard InChI is InChI=1S/C18H18ClN3O2S/c1-2-22-10-9-13(11-22)20-16(24)8-7-15-17(19)18(21-25-15)12-3-5-14(23)6-4-12/h3-6,9-11,23H,2,7-8H2,1H3,(H,20,24). The maximum Gasteiger partial charge on any atom is 0.224 e. The fraction of sp³-hybridized carbons (Fsp3) is 0.222. The number of rotatable bonds is 6. The Bertz CT molecular complexity index is 871. The van der Waals surface area contributed by atoms with Gasteiger partial charge in [-0.25, -0.2) is 0 Å². The molecule has 5 nitrogen and oxygen atoms in total. The van der Waals surface area contributed by atoms with Gasteiger partial charge in [-0.15, -0.1) is 0 Å². The van der Waals surface area contributed by atoms with Gasteiger partial charge < -0.3 is 15.0 Å². The van der Waals surface area contributed by atoms with E-state index in [0.717, 1.165) is 22.7 Å². The van der Waals surface area contributed by atoms with Crippen molar-refractivity contribution in [2.45, 2.75) is 26.3 Å². The molecule has 0 aliphatic carbocycles. The van der Waals surface area contributed by atoms with E-state index in [1.165, 1.54) is 11.5 Å². The van der Waals surface area contributed by atoms with Crippen molar-refractivity contribution in [3.05, 3.63) is 52.6 Å². The van der Waals surface area contributed by atoms with Crippen LogP contribution in [0.3, 0.4) is 0 Å². The maximum absolute atomic E-state index is 12.1. The van der Waals surface area contributed by atoms with Gasteiger partial charge in [-0.05, 0) is 55.2 Å². The molecule has 0 aliphatic heterocycles. The highest BCUT2D eigenvalue weighted by Gasteiger charge is 2.15. The van der Waals surface area contributed by atoms with Crippen LogP contribution in [-0.4, -0.2) is 20.0 Å². The fourth-order valence-electron chi connectivity index (χ4n) is 2.43. The molecule has 3 rings (SSSR count). The first-order valence-corrected chi connectivity index (χ1v) is 9.11. The van der Waals surface area contributed by atoms with Crippen molar-refractivity contribution in [3.63, 3.8) is 0 Å². The first kappa shape index (κ1) is 17.5. The van der Waals surface area contributed by atoms with Crippen molar-refractivity contribution in [3.8, 4) is 17.0 Å². The summed E-state index contributed by atoms with van der Waals surface area (Å²) in [4.78, 5) is 13.0. The Balaban J connectivity index is 1.61. The van der Waals surface area contributed by atoms with Gasteiger partial charge in [0.1, 0.15) is 11.4 Å². The Morgan fingerprint density at radius 1 is 1.32 bits per heavy atom. The summed E-state index contributed by atoms with van der Waals surface area (Å²) in [6.07, 6.45) is 4.71. The normalized spacial score (nSPS) is 10.8. The number of carbonyl (C=O) groups is 1. The number of nitrogens with zero attached hydrogens (tertiary/aromatic N) is 2. The van der Waals surface area contributed by atoms with Crippen LogP contribution < -0.4 is 5.32 Å². The Morgan fingerprint density at radius 2 is 2.08 bits per heavy atom. The second-order valence-corrected chi connectivity index (χ2v) is 6.83. The Morgan fingerprint density at radius 3 is 2.76 bits per heavy atom. The largest absolute Gasteiger partial charge is 0.508 e. The van der Waals surface area contributed by atoms with E-state index in [0.29, 0.717) is 23.6 Å². The van der Waals surface area contributed by atoms with E-state index in [9.17, 15) is 9.90 Å². The topological polar surface area (TPSA) is 67.2 Å². The molecule has 25 heavy (non-hydrogen) atoms. The van der Waals surface area contributed by atoms with Crippen molar-refractivity contribution in [1.82, 2.24) is 8.94 Å². The van der Waals surface area contributed by atoms with Crippen molar-refractivity contribution in [2.24, 2.45) is 0 Å². The van der Waals surface area contributed by atoms with Gasteiger partial charge in [-0.1, -0.05) is 11.6 Å². The number of carbonyl (C=O) groups excluding carboxylic acids is 1. The lowest BCUT2D eigenvalue weighted by Gasteiger charge is -2.03. The Labute approximate surface area is 155 Å². The van der Waals surface area contributed by atoms with Gasteiger partial charge >= 0.3 is 0 Å². The molecule has 0 unspecified atom stereocenters. The van der Waals surface area contributed by atoms with Crippen LogP contribution in [0.1, 0.15) is 18.2 Å². The molecule has 0 radical (unpaired) electrons. The molecule has 0 spiro atoms. The summed E-state index contributed by atoms with van der Waals surface area (Å²) in [5, 5.41) is 12.8. The molecule has 1 aromatic carbocycles. The van der Waals surface area contributed by atoms with Gasteiger partial charge in [-0.3, -0.25) is 4.79 Å². The van der Waals surface area contributed by atoms with E-state index in [1.807, 2.05) is 30.0 Å².